The van der Waals surface area contributed by atoms with Crippen LogP contribution in [0.5, 0.6) is 0 Å². The van der Waals surface area contributed by atoms with Crippen molar-refractivity contribution in [2.45, 2.75) is 58.4 Å². The molecule has 0 aromatic heterocycles. The number of rotatable bonds is 6. The average molecular weight is 270 g/mol. The van der Waals surface area contributed by atoms with Crippen molar-refractivity contribution in [1.82, 2.24) is 10.2 Å². The fourth-order valence-corrected chi connectivity index (χ4v) is 2.45. The Morgan fingerprint density at radius 1 is 1.32 bits per heavy atom. The summed E-state index contributed by atoms with van der Waals surface area (Å²) in [5.41, 5.74) is 0. The van der Waals surface area contributed by atoms with Crippen molar-refractivity contribution in [1.29, 1.82) is 0 Å². The van der Waals surface area contributed by atoms with E-state index < -0.39 is 12.0 Å². The largest absolute Gasteiger partial charge is 0.480 e. The van der Waals surface area contributed by atoms with E-state index in [1.165, 1.54) is 0 Å². The number of carboxylic acids is 1. The third-order valence-corrected chi connectivity index (χ3v) is 3.92. The summed E-state index contributed by atoms with van der Waals surface area (Å²) in [7, 11) is 0. The highest BCUT2D eigenvalue weighted by molar-refractivity contribution is 5.82. The van der Waals surface area contributed by atoms with E-state index in [1.807, 2.05) is 6.92 Å². The van der Waals surface area contributed by atoms with Crippen LogP contribution in [0.15, 0.2) is 0 Å². The molecule has 0 bridgehead atoms. The first-order valence-electron chi connectivity index (χ1n) is 7.36. The highest BCUT2D eigenvalue weighted by atomic mass is 16.4. The number of likely N-dealkylation sites (tertiary alicyclic amines) is 1. The first-order chi connectivity index (χ1) is 9.08. The molecule has 1 heterocycles. The summed E-state index contributed by atoms with van der Waals surface area (Å²) >= 11 is 0. The minimum Gasteiger partial charge on any atom is -0.480 e. The normalized spacial score (nSPS) is 18.1. The summed E-state index contributed by atoms with van der Waals surface area (Å²) < 4.78 is 0. The van der Waals surface area contributed by atoms with Crippen molar-refractivity contribution in [3.8, 4) is 0 Å². The number of carboxylic acid groups (broad SMARTS) is 1. The minimum atomic E-state index is -0.940. The van der Waals surface area contributed by atoms with Gasteiger partial charge in [-0.15, -0.1) is 0 Å². The van der Waals surface area contributed by atoms with Gasteiger partial charge in [0.15, 0.2) is 0 Å². The van der Waals surface area contributed by atoms with Crippen molar-refractivity contribution in [3.05, 3.63) is 0 Å². The van der Waals surface area contributed by atoms with Gasteiger partial charge >= 0.3 is 12.0 Å². The van der Waals surface area contributed by atoms with Crippen molar-refractivity contribution in [3.63, 3.8) is 0 Å². The summed E-state index contributed by atoms with van der Waals surface area (Å²) in [5.74, 6) is -0.232. The van der Waals surface area contributed by atoms with Crippen LogP contribution in [0.1, 0.15) is 52.4 Å². The maximum atomic E-state index is 12.0. The van der Waals surface area contributed by atoms with E-state index in [0.29, 0.717) is 12.3 Å². The molecule has 19 heavy (non-hydrogen) atoms. The number of hydrogen-bond donors (Lipinski definition) is 2. The SMILES string of the molecule is CCCC[C@H](NC(=O)N1CCC(CC)CC1)C(=O)O. The monoisotopic (exact) mass is 270 g/mol. The molecular formula is C14H26N2O3. The van der Waals surface area contributed by atoms with Crippen molar-refractivity contribution in [2.75, 3.05) is 13.1 Å². The molecule has 0 spiro atoms. The summed E-state index contributed by atoms with van der Waals surface area (Å²) in [6, 6.07) is -0.977. The Morgan fingerprint density at radius 2 is 1.95 bits per heavy atom. The quantitative estimate of drug-likeness (QED) is 0.779. The number of aliphatic carboxylic acids is 1. The summed E-state index contributed by atoms with van der Waals surface area (Å²) in [6.45, 7) is 5.66. The Morgan fingerprint density at radius 3 is 2.42 bits per heavy atom. The zero-order chi connectivity index (χ0) is 14.3. The molecule has 1 aliphatic heterocycles. The maximum absolute atomic E-state index is 12.0. The van der Waals surface area contributed by atoms with Crippen LogP contribution in [-0.4, -0.2) is 41.1 Å². The van der Waals surface area contributed by atoms with E-state index in [4.69, 9.17) is 5.11 Å². The molecule has 0 aliphatic carbocycles. The summed E-state index contributed by atoms with van der Waals surface area (Å²) in [4.78, 5) is 24.9. The van der Waals surface area contributed by atoms with Gasteiger partial charge in [-0.05, 0) is 25.2 Å². The molecule has 1 aliphatic rings. The van der Waals surface area contributed by atoms with Gasteiger partial charge in [0.25, 0.3) is 0 Å². The van der Waals surface area contributed by atoms with Gasteiger partial charge in [0.2, 0.25) is 0 Å². The first-order valence-corrected chi connectivity index (χ1v) is 7.36. The van der Waals surface area contributed by atoms with Gasteiger partial charge in [-0.3, -0.25) is 0 Å². The van der Waals surface area contributed by atoms with Crippen LogP contribution in [-0.2, 0) is 4.79 Å². The number of nitrogens with one attached hydrogen (secondary N) is 1. The zero-order valence-corrected chi connectivity index (χ0v) is 12.0. The number of urea groups is 1. The molecule has 5 nitrogen and oxygen atoms in total. The second-order valence-corrected chi connectivity index (χ2v) is 5.32. The summed E-state index contributed by atoms with van der Waals surface area (Å²) in [5, 5.41) is 11.7. The van der Waals surface area contributed by atoms with Gasteiger partial charge in [0.1, 0.15) is 6.04 Å². The summed E-state index contributed by atoms with van der Waals surface area (Å²) in [6.07, 6.45) is 5.46. The second-order valence-electron chi connectivity index (χ2n) is 5.32. The third kappa shape index (κ3) is 5.09. The van der Waals surface area contributed by atoms with Crippen LogP contribution in [0.3, 0.4) is 0 Å². The van der Waals surface area contributed by atoms with E-state index in [1.54, 1.807) is 4.90 Å². The second kappa shape index (κ2) is 8.02. The van der Waals surface area contributed by atoms with E-state index in [0.717, 1.165) is 45.2 Å². The predicted molar refractivity (Wildman–Crippen MR) is 74.1 cm³/mol. The van der Waals surface area contributed by atoms with Crippen LogP contribution in [0.2, 0.25) is 0 Å². The van der Waals surface area contributed by atoms with E-state index >= 15 is 0 Å². The van der Waals surface area contributed by atoms with Crippen LogP contribution in [0.25, 0.3) is 0 Å². The molecule has 1 fully saturated rings. The van der Waals surface area contributed by atoms with E-state index in [-0.39, 0.29) is 6.03 Å². The molecular weight excluding hydrogens is 244 g/mol. The Bertz CT molecular complexity index is 299. The molecule has 0 radical (unpaired) electrons. The predicted octanol–water partition coefficient (Wildman–Crippen LogP) is 2.46. The maximum Gasteiger partial charge on any atom is 0.326 e. The Kier molecular flexibility index (Phi) is 6.67. The third-order valence-electron chi connectivity index (χ3n) is 3.92. The molecule has 0 saturated carbocycles. The van der Waals surface area contributed by atoms with Gasteiger partial charge in [0.05, 0.1) is 0 Å². The smallest absolute Gasteiger partial charge is 0.326 e. The highest BCUT2D eigenvalue weighted by Crippen LogP contribution is 2.19. The first kappa shape index (κ1) is 15.8. The van der Waals surface area contributed by atoms with Crippen molar-refractivity contribution in [2.24, 2.45) is 5.92 Å². The number of carbonyl (C=O) groups is 2. The van der Waals surface area contributed by atoms with Crippen molar-refractivity contribution >= 4 is 12.0 Å². The molecule has 0 unspecified atom stereocenters. The molecule has 2 N–H and O–H groups in total. The molecule has 1 saturated heterocycles. The number of carbonyl (C=O) groups excluding carboxylic acids is 1. The van der Waals surface area contributed by atoms with Crippen LogP contribution in [0, 0.1) is 5.92 Å². The van der Waals surface area contributed by atoms with Crippen LogP contribution in [0.4, 0.5) is 4.79 Å². The average Bonchev–Trinajstić information content (AvgIpc) is 2.43. The molecule has 0 aromatic rings. The molecule has 1 rings (SSSR count). The van der Waals surface area contributed by atoms with Gasteiger partial charge < -0.3 is 15.3 Å². The lowest BCUT2D eigenvalue weighted by Crippen LogP contribution is -2.50. The lowest BCUT2D eigenvalue weighted by Gasteiger charge is -2.32. The van der Waals surface area contributed by atoms with Crippen LogP contribution >= 0.6 is 0 Å². The minimum absolute atomic E-state index is 0.224. The van der Waals surface area contributed by atoms with Gasteiger partial charge in [0, 0.05) is 13.1 Å². The van der Waals surface area contributed by atoms with Crippen molar-refractivity contribution < 1.29 is 14.7 Å². The topological polar surface area (TPSA) is 69.6 Å². The number of unbranched alkanes of at least 4 members (excludes halogenated alkanes) is 1. The lowest BCUT2D eigenvalue weighted by molar-refractivity contribution is -0.139. The number of piperidine rings is 1. The molecule has 2 amide bonds. The van der Waals surface area contributed by atoms with Crippen LogP contribution < -0.4 is 5.32 Å². The number of amides is 2. The zero-order valence-electron chi connectivity index (χ0n) is 12.0. The van der Waals surface area contributed by atoms with Gasteiger partial charge in [-0.2, -0.15) is 0 Å². The lowest BCUT2D eigenvalue weighted by atomic mass is 9.95. The molecule has 0 aromatic carbocycles. The Hall–Kier alpha value is -1.26. The van der Waals surface area contributed by atoms with Gasteiger partial charge in [-0.25, -0.2) is 9.59 Å². The Balaban J connectivity index is 2.42. The fraction of sp³-hybridized carbons (Fsp3) is 0.857. The molecule has 5 heteroatoms. The molecule has 110 valence electrons. The number of nitrogens with zero attached hydrogens (tertiary/aromatic N) is 1. The van der Waals surface area contributed by atoms with E-state index in [9.17, 15) is 9.59 Å². The Labute approximate surface area is 115 Å². The number of hydrogen-bond acceptors (Lipinski definition) is 2. The standard InChI is InChI=1S/C14H26N2O3/c1-3-5-6-12(13(17)18)15-14(19)16-9-7-11(4-2)8-10-16/h11-12H,3-10H2,1-2H3,(H,15,19)(H,17,18)/t12-/m0/s1. The van der Waals surface area contributed by atoms with Gasteiger partial charge in [-0.1, -0.05) is 33.1 Å². The fourth-order valence-electron chi connectivity index (χ4n) is 2.45. The molecule has 1 atom stereocenters. The van der Waals surface area contributed by atoms with E-state index in [2.05, 4.69) is 12.2 Å². The highest BCUT2D eigenvalue weighted by Gasteiger charge is 2.25.